The highest BCUT2D eigenvalue weighted by atomic mass is 79.9. The van der Waals surface area contributed by atoms with E-state index in [1.54, 1.807) is 7.11 Å². The van der Waals surface area contributed by atoms with Crippen molar-refractivity contribution < 1.29 is 14.3 Å². The quantitative estimate of drug-likeness (QED) is 0.318. The molecule has 42 heavy (non-hydrogen) atoms. The molecule has 3 aliphatic heterocycles. The average molecular weight is 631 g/mol. The molecule has 2 unspecified atom stereocenters. The maximum atomic E-state index is 13.6. The van der Waals surface area contributed by atoms with E-state index in [-0.39, 0.29) is 11.3 Å². The van der Waals surface area contributed by atoms with Crippen LogP contribution in [0.2, 0.25) is 0 Å². The van der Waals surface area contributed by atoms with Crippen molar-refractivity contribution in [3.63, 3.8) is 0 Å². The summed E-state index contributed by atoms with van der Waals surface area (Å²) in [5, 5.41) is 0. The summed E-state index contributed by atoms with van der Waals surface area (Å²) in [4.78, 5) is 33.8. The fraction of sp³-hybridized carbons (Fsp3) is 0.429. The zero-order chi connectivity index (χ0) is 29.1. The second-order valence-electron chi connectivity index (χ2n) is 12.2. The van der Waals surface area contributed by atoms with E-state index in [9.17, 15) is 9.59 Å². The SMILES string of the molecule is COc1ccccc1CC(=O)N1CC(CN2CCC3(CC2)CCN(Cc2ccc(Br)cc2)C3=O)C(c2ccccc2)C1. The Balaban J connectivity index is 1.09. The first-order valence-corrected chi connectivity index (χ1v) is 15.9. The van der Waals surface area contributed by atoms with Crippen LogP contribution in [0.1, 0.15) is 41.9 Å². The number of rotatable bonds is 8. The molecule has 0 radical (unpaired) electrons. The van der Waals surface area contributed by atoms with Gasteiger partial charge in [-0.3, -0.25) is 9.59 Å². The van der Waals surface area contributed by atoms with Gasteiger partial charge in [-0.1, -0.05) is 76.6 Å². The van der Waals surface area contributed by atoms with Crippen molar-refractivity contribution in [2.75, 3.05) is 46.4 Å². The van der Waals surface area contributed by atoms with Crippen molar-refractivity contribution in [2.24, 2.45) is 11.3 Å². The van der Waals surface area contributed by atoms with Gasteiger partial charge in [-0.05, 0) is 67.6 Å². The second-order valence-corrected chi connectivity index (χ2v) is 13.2. The van der Waals surface area contributed by atoms with E-state index in [1.165, 1.54) is 11.1 Å². The summed E-state index contributed by atoms with van der Waals surface area (Å²) in [6, 6.07) is 26.7. The number of amides is 2. The van der Waals surface area contributed by atoms with Crippen LogP contribution in [0.15, 0.2) is 83.3 Å². The van der Waals surface area contributed by atoms with Crippen LogP contribution < -0.4 is 4.74 Å². The van der Waals surface area contributed by atoms with Crippen LogP contribution in [0.25, 0.3) is 0 Å². The molecule has 3 heterocycles. The van der Waals surface area contributed by atoms with Gasteiger partial charge >= 0.3 is 0 Å². The van der Waals surface area contributed by atoms with E-state index in [4.69, 9.17) is 4.74 Å². The lowest BCUT2D eigenvalue weighted by molar-refractivity contribution is -0.139. The molecule has 3 aromatic carbocycles. The number of likely N-dealkylation sites (tertiary alicyclic amines) is 3. The molecule has 0 bridgehead atoms. The lowest BCUT2D eigenvalue weighted by atomic mass is 9.76. The Morgan fingerprint density at radius 2 is 1.60 bits per heavy atom. The van der Waals surface area contributed by atoms with Gasteiger partial charge in [0.15, 0.2) is 0 Å². The van der Waals surface area contributed by atoms with Crippen LogP contribution >= 0.6 is 15.9 Å². The summed E-state index contributed by atoms with van der Waals surface area (Å²) in [6.07, 6.45) is 3.14. The molecule has 0 aromatic heterocycles. The van der Waals surface area contributed by atoms with Crippen LogP contribution in [-0.2, 0) is 22.6 Å². The Kier molecular flexibility index (Phi) is 8.68. The summed E-state index contributed by atoms with van der Waals surface area (Å²) >= 11 is 3.50. The Bertz CT molecular complexity index is 1390. The van der Waals surface area contributed by atoms with Crippen molar-refractivity contribution >= 4 is 27.7 Å². The molecule has 2 amide bonds. The molecule has 3 saturated heterocycles. The van der Waals surface area contributed by atoms with Gasteiger partial charge in [0.05, 0.1) is 18.9 Å². The highest BCUT2D eigenvalue weighted by Crippen LogP contribution is 2.43. The predicted molar refractivity (Wildman–Crippen MR) is 168 cm³/mol. The van der Waals surface area contributed by atoms with Crippen molar-refractivity contribution in [3.05, 3.63) is 100 Å². The van der Waals surface area contributed by atoms with Gasteiger partial charge in [0.2, 0.25) is 11.8 Å². The molecule has 2 atom stereocenters. The largest absolute Gasteiger partial charge is 0.496 e. The molecular weight excluding hydrogens is 590 g/mol. The number of halogens is 1. The van der Waals surface area contributed by atoms with E-state index >= 15 is 0 Å². The van der Waals surface area contributed by atoms with Crippen LogP contribution in [-0.4, -0.2) is 72.9 Å². The van der Waals surface area contributed by atoms with Crippen LogP contribution in [0.4, 0.5) is 0 Å². The fourth-order valence-corrected chi connectivity index (χ4v) is 7.54. The minimum absolute atomic E-state index is 0.156. The highest BCUT2D eigenvalue weighted by molar-refractivity contribution is 9.10. The Labute approximate surface area is 257 Å². The topological polar surface area (TPSA) is 53.1 Å². The molecule has 0 aliphatic carbocycles. The van der Waals surface area contributed by atoms with Crippen molar-refractivity contribution in [1.82, 2.24) is 14.7 Å². The van der Waals surface area contributed by atoms with E-state index in [0.29, 0.717) is 30.7 Å². The van der Waals surface area contributed by atoms with Gasteiger partial charge < -0.3 is 19.4 Å². The molecule has 6 nitrogen and oxygen atoms in total. The monoisotopic (exact) mass is 629 g/mol. The number of methoxy groups -OCH3 is 1. The zero-order valence-corrected chi connectivity index (χ0v) is 26.0. The number of benzene rings is 3. The standard InChI is InChI=1S/C35H40BrN3O3/c1-42-32-10-6-5-9-28(32)21-33(40)39-24-29(31(25-39)27-7-3-2-4-8-27)23-37-18-15-35(16-19-37)17-20-38(34(35)41)22-26-11-13-30(36)14-12-26/h2-14,29,31H,15-25H2,1H3. The van der Waals surface area contributed by atoms with Crippen LogP contribution in [0.3, 0.4) is 0 Å². The van der Waals surface area contributed by atoms with E-state index < -0.39 is 0 Å². The molecule has 3 aromatic rings. The Morgan fingerprint density at radius 1 is 0.905 bits per heavy atom. The van der Waals surface area contributed by atoms with Gasteiger partial charge in [-0.15, -0.1) is 0 Å². The number of para-hydroxylation sites is 1. The van der Waals surface area contributed by atoms with E-state index in [2.05, 4.69) is 73.1 Å². The lowest BCUT2D eigenvalue weighted by Gasteiger charge is -2.39. The maximum Gasteiger partial charge on any atom is 0.229 e. The Hall–Kier alpha value is -3.16. The molecule has 6 rings (SSSR count). The maximum absolute atomic E-state index is 13.6. The van der Waals surface area contributed by atoms with Gasteiger partial charge in [0, 0.05) is 48.7 Å². The van der Waals surface area contributed by atoms with Crippen LogP contribution in [0.5, 0.6) is 5.75 Å². The number of nitrogens with zero attached hydrogens (tertiary/aromatic N) is 3. The molecule has 3 fully saturated rings. The van der Waals surface area contributed by atoms with Gasteiger partial charge in [0.25, 0.3) is 0 Å². The smallest absolute Gasteiger partial charge is 0.229 e. The van der Waals surface area contributed by atoms with Crippen molar-refractivity contribution in [3.8, 4) is 5.75 Å². The second kappa shape index (κ2) is 12.6. The minimum atomic E-state index is -0.211. The highest BCUT2D eigenvalue weighted by Gasteiger charge is 2.48. The van der Waals surface area contributed by atoms with E-state index in [1.807, 2.05) is 36.4 Å². The summed E-state index contributed by atoms with van der Waals surface area (Å²) < 4.78 is 6.56. The zero-order valence-electron chi connectivity index (χ0n) is 24.4. The third-order valence-corrected chi connectivity index (χ3v) is 10.3. The summed E-state index contributed by atoms with van der Waals surface area (Å²) in [5.41, 5.74) is 3.20. The molecule has 1 spiro atoms. The first kappa shape index (κ1) is 28.9. The summed E-state index contributed by atoms with van der Waals surface area (Å²) in [5.74, 6) is 1.92. The van der Waals surface area contributed by atoms with E-state index in [0.717, 1.165) is 74.3 Å². The first-order valence-electron chi connectivity index (χ1n) is 15.1. The molecule has 7 heteroatoms. The molecule has 0 saturated carbocycles. The van der Waals surface area contributed by atoms with Crippen molar-refractivity contribution in [2.45, 2.75) is 38.1 Å². The number of carbonyl (C=O) groups excluding carboxylic acids is 2. The van der Waals surface area contributed by atoms with Gasteiger partial charge in [-0.2, -0.15) is 0 Å². The number of piperidine rings is 1. The minimum Gasteiger partial charge on any atom is -0.496 e. The summed E-state index contributed by atoms with van der Waals surface area (Å²) in [6.45, 7) is 5.86. The van der Waals surface area contributed by atoms with Crippen molar-refractivity contribution in [1.29, 1.82) is 0 Å². The number of hydrogen-bond donors (Lipinski definition) is 0. The molecule has 3 aliphatic rings. The number of hydrogen-bond acceptors (Lipinski definition) is 4. The molecule has 0 N–H and O–H groups in total. The summed E-state index contributed by atoms with van der Waals surface area (Å²) in [7, 11) is 1.66. The van der Waals surface area contributed by atoms with Gasteiger partial charge in [-0.25, -0.2) is 0 Å². The first-order chi connectivity index (χ1) is 20.4. The third kappa shape index (κ3) is 6.13. The van der Waals surface area contributed by atoms with Crippen LogP contribution in [0, 0.1) is 11.3 Å². The normalized spacial score (nSPS) is 22.2. The predicted octanol–water partition coefficient (Wildman–Crippen LogP) is 5.76. The molecule has 220 valence electrons. The van der Waals surface area contributed by atoms with Gasteiger partial charge in [0.1, 0.15) is 5.75 Å². The number of carbonyl (C=O) groups is 2. The fourth-order valence-electron chi connectivity index (χ4n) is 7.27. The average Bonchev–Trinajstić information content (AvgIpc) is 3.57. The third-order valence-electron chi connectivity index (χ3n) is 9.75. The lowest BCUT2D eigenvalue weighted by Crippen LogP contribution is -2.46. The molecular formula is C35H40BrN3O3. The Morgan fingerprint density at radius 3 is 2.33 bits per heavy atom. The number of ether oxygens (including phenoxy) is 1.